The molecular weight excluding hydrogens is 404 g/mol. The molecule has 2 aromatic rings. The molecule has 0 spiro atoms. The Bertz CT molecular complexity index is 983. The molecule has 5 rings (SSSR count). The van der Waals surface area contributed by atoms with Crippen LogP contribution in [0.5, 0.6) is 0 Å². The Morgan fingerprint density at radius 2 is 1.84 bits per heavy atom. The summed E-state index contributed by atoms with van der Waals surface area (Å²) in [6, 6.07) is 7.67. The minimum absolute atomic E-state index is 0.0432. The molecular formula is C25H36N4O3. The minimum Gasteiger partial charge on any atom is -0.465 e. The van der Waals surface area contributed by atoms with E-state index in [9.17, 15) is 9.90 Å². The second-order valence-corrected chi connectivity index (χ2v) is 11.0. The first-order valence-corrected chi connectivity index (χ1v) is 12.1. The lowest BCUT2D eigenvalue weighted by Crippen LogP contribution is -2.59. The predicted molar refractivity (Wildman–Crippen MR) is 124 cm³/mol. The van der Waals surface area contributed by atoms with Crippen LogP contribution in [0.2, 0.25) is 0 Å². The first-order chi connectivity index (χ1) is 15.2. The molecule has 174 valence electrons. The van der Waals surface area contributed by atoms with Crippen LogP contribution in [0.25, 0.3) is 11.1 Å². The molecule has 0 saturated carbocycles. The van der Waals surface area contributed by atoms with Gasteiger partial charge >= 0.3 is 6.09 Å². The highest BCUT2D eigenvalue weighted by molar-refractivity contribution is 5.78. The number of fused-ring (bicyclic) bond motifs is 3. The van der Waals surface area contributed by atoms with Crippen molar-refractivity contribution in [1.82, 2.24) is 19.7 Å². The minimum atomic E-state index is -0.860. The Morgan fingerprint density at radius 1 is 1.12 bits per heavy atom. The molecule has 0 aliphatic carbocycles. The van der Waals surface area contributed by atoms with Crippen LogP contribution in [0.15, 0.2) is 22.6 Å². The van der Waals surface area contributed by atoms with Gasteiger partial charge in [0.15, 0.2) is 5.58 Å². The molecule has 3 atom stereocenters. The van der Waals surface area contributed by atoms with Gasteiger partial charge in [-0.3, -0.25) is 4.90 Å². The van der Waals surface area contributed by atoms with Gasteiger partial charge in [-0.1, -0.05) is 39.3 Å². The summed E-state index contributed by atoms with van der Waals surface area (Å²) in [6.45, 7) is 8.25. The van der Waals surface area contributed by atoms with Gasteiger partial charge in [0.1, 0.15) is 11.6 Å². The molecule has 3 aliphatic rings. The van der Waals surface area contributed by atoms with Gasteiger partial charge in [0.05, 0.1) is 0 Å². The molecule has 0 radical (unpaired) electrons. The Labute approximate surface area is 190 Å². The number of para-hydroxylation sites is 1. The number of hydrogen-bond donors (Lipinski definition) is 1. The third-order valence-corrected chi connectivity index (χ3v) is 8.00. The van der Waals surface area contributed by atoms with Crippen molar-refractivity contribution in [2.75, 3.05) is 26.7 Å². The summed E-state index contributed by atoms with van der Waals surface area (Å²) in [4.78, 5) is 23.4. The summed E-state index contributed by atoms with van der Waals surface area (Å²) in [5, 5.41) is 9.71. The molecule has 7 heteroatoms. The Hall–Kier alpha value is -2.12. The molecule has 3 fully saturated rings. The Morgan fingerprint density at radius 3 is 2.50 bits per heavy atom. The molecule has 1 aromatic carbocycles. The molecule has 1 amide bonds. The number of aromatic nitrogens is 1. The molecule has 32 heavy (non-hydrogen) atoms. The predicted octanol–water partition coefficient (Wildman–Crippen LogP) is 4.48. The van der Waals surface area contributed by atoms with Crippen LogP contribution in [0, 0.1) is 0 Å². The molecule has 1 N–H and O–H groups in total. The molecule has 2 unspecified atom stereocenters. The third-order valence-electron chi connectivity index (χ3n) is 8.00. The summed E-state index contributed by atoms with van der Waals surface area (Å²) in [5.41, 5.74) is 2.82. The first-order valence-electron chi connectivity index (χ1n) is 12.1. The van der Waals surface area contributed by atoms with E-state index in [4.69, 9.17) is 9.40 Å². The van der Waals surface area contributed by atoms with Crippen LogP contribution in [0.4, 0.5) is 4.79 Å². The van der Waals surface area contributed by atoms with E-state index in [1.54, 1.807) is 0 Å². The van der Waals surface area contributed by atoms with Gasteiger partial charge in [-0.25, -0.2) is 9.78 Å². The zero-order valence-electron chi connectivity index (χ0n) is 19.8. The first kappa shape index (κ1) is 21.7. The number of amides is 1. The zero-order valence-corrected chi connectivity index (χ0v) is 19.8. The molecule has 7 nitrogen and oxygen atoms in total. The molecule has 1 aromatic heterocycles. The fourth-order valence-electron chi connectivity index (χ4n) is 6.20. The maximum absolute atomic E-state index is 11.8. The summed E-state index contributed by atoms with van der Waals surface area (Å²) in [5.74, 6) is 0.659. The number of hydrogen-bond acceptors (Lipinski definition) is 5. The number of piperazine rings is 1. The summed E-state index contributed by atoms with van der Waals surface area (Å²) in [6.07, 6.45) is 5.28. The highest BCUT2D eigenvalue weighted by atomic mass is 16.4. The lowest BCUT2D eigenvalue weighted by atomic mass is 9.81. The van der Waals surface area contributed by atoms with Crippen molar-refractivity contribution < 1.29 is 14.3 Å². The van der Waals surface area contributed by atoms with Crippen LogP contribution < -0.4 is 0 Å². The zero-order chi connectivity index (χ0) is 22.6. The molecule has 2 bridgehead atoms. The van der Waals surface area contributed by atoms with Crippen molar-refractivity contribution in [3.8, 4) is 0 Å². The second kappa shape index (κ2) is 8.03. The van der Waals surface area contributed by atoms with E-state index >= 15 is 0 Å². The lowest BCUT2D eigenvalue weighted by Gasteiger charge is -2.52. The van der Waals surface area contributed by atoms with Crippen molar-refractivity contribution in [1.29, 1.82) is 0 Å². The number of nitrogens with zero attached hydrogens (tertiary/aromatic N) is 4. The number of rotatable bonds is 2. The Balaban J connectivity index is 1.50. The summed E-state index contributed by atoms with van der Waals surface area (Å²) < 4.78 is 6.32. The number of oxazole rings is 1. The van der Waals surface area contributed by atoms with E-state index in [2.05, 4.69) is 43.7 Å². The number of carboxylic acid groups (broad SMARTS) is 1. The van der Waals surface area contributed by atoms with Crippen LogP contribution in [-0.4, -0.2) is 75.7 Å². The lowest BCUT2D eigenvalue weighted by molar-refractivity contribution is -0.0334. The van der Waals surface area contributed by atoms with Gasteiger partial charge in [-0.15, -0.1) is 0 Å². The average molecular weight is 441 g/mol. The standard InChI is InChI=1S/C25H36N4O3/c1-25(2,3)19-9-6-10-21-22(19)26-23(32-21)20-15-28(24(30)31)11-12-29(20)18-13-16-7-5-8-17(14-18)27(16)4/h6,9-10,16-18,20H,5,7-8,11-15H2,1-4H3,(H,30,31)/t16?,17?,18?,20-/m0/s1. The van der Waals surface area contributed by atoms with Crippen LogP contribution >= 0.6 is 0 Å². The third kappa shape index (κ3) is 3.79. The highest BCUT2D eigenvalue weighted by Crippen LogP contribution is 2.40. The van der Waals surface area contributed by atoms with Crippen molar-refractivity contribution in [2.45, 2.75) is 82.5 Å². The summed E-state index contributed by atoms with van der Waals surface area (Å²) in [7, 11) is 2.28. The van der Waals surface area contributed by atoms with Crippen molar-refractivity contribution in [3.63, 3.8) is 0 Å². The van der Waals surface area contributed by atoms with E-state index in [-0.39, 0.29) is 11.5 Å². The van der Waals surface area contributed by atoms with Gasteiger partial charge in [0.25, 0.3) is 0 Å². The van der Waals surface area contributed by atoms with E-state index in [1.165, 1.54) is 24.2 Å². The number of carbonyl (C=O) groups is 1. The van der Waals surface area contributed by atoms with E-state index in [0.29, 0.717) is 37.1 Å². The van der Waals surface area contributed by atoms with E-state index in [1.807, 2.05) is 12.1 Å². The van der Waals surface area contributed by atoms with Gasteiger partial charge in [0.2, 0.25) is 5.89 Å². The second-order valence-electron chi connectivity index (χ2n) is 11.0. The monoisotopic (exact) mass is 440 g/mol. The number of benzene rings is 1. The topological polar surface area (TPSA) is 73.0 Å². The van der Waals surface area contributed by atoms with Gasteiger partial charge in [-0.05, 0) is 49.8 Å². The fourth-order valence-corrected chi connectivity index (χ4v) is 6.20. The normalized spacial score (nSPS) is 30.1. The maximum Gasteiger partial charge on any atom is 0.407 e. The SMILES string of the molecule is CN1C2CCCC1CC(N1CCN(C(=O)O)C[C@H]1c1nc3c(C(C)(C)C)cccc3o1)C2. The summed E-state index contributed by atoms with van der Waals surface area (Å²) >= 11 is 0. The van der Waals surface area contributed by atoms with Crippen LogP contribution in [0.1, 0.15) is 70.4 Å². The van der Waals surface area contributed by atoms with E-state index < -0.39 is 6.09 Å². The molecule has 3 saturated heterocycles. The van der Waals surface area contributed by atoms with Crippen molar-refractivity contribution in [3.05, 3.63) is 29.7 Å². The molecule has 3 aliphatic heterocycles. The van der Waals surface area contributed by atoms with Crippen molar-refractivity contribution >= 4 is 17.2 Å². The van der Waals surface area contributed by atoms with E-state index in [0.717, 1.165) is 36.0 Å². The Kier molecular flexibility index (Phi) is 5.45. The number of piperidine rings is 2. The van der Waals surface area contributed by atoms with Crippen LogP contribution in [-0.2, 0) is 5.41 Å². The van der Waals surface area contributed by atoms with Gasteiger partial charge in [-0.2, -0.15) is 0 Å². The fraction of sp³-hybridized carbons (Fsp3) is 0.680. The molecule has 4 heterocycles. The van der Waals surface area contributed by atoms with Gasteiger partial charge in [0, 0.05) is 37.8 Å². The largest absolute Gasteiger partial charge is 0.465 e. The maximum atomic E-state index is 11.8. The van der Waals surface area contributed by atoms with Crippen molar-refractivity contribution in [2.24, 2.45) is 0 Å². The smallest absolute Gasteiger partial charge is 0.407 e. The van der Waals surface area contributed by atoms with Gasteiger partial charge < -0.3 is 19.3 Å². The highest BCUT2D eigenvalue weighted by Gasteiger charge is 2.43. The quantitative estimate of drug-likeness (QED) is 0.742. The van der Waals surface area contributed by atoms with Crippen LogP contribution in [0.3, 0.4) is 0 Å². The average Bonchev–Trinajstić information content (AvgIpc) is 3.16.